The highest BCUT2D eigenvalue weighted by Gasteiger charge is 2.73. The number of rotatable bonds is 1. The molecule has 0 atom stereocenters. The van der Waals surface area contributed by atoms with Gasteiger partial charge in [0.05, 0.1) is 0 Å². The summed E-state index contributed by atoms with van der Waals surface area (Å²) in [4.78, 5) is 0. The maximum Gasteiger partial charge on any atom is 0.435 e. The van der Waals surface area contributed by atoms with Crippen molar-refractivity contribution in [3.8, 4) is 0 Å². The van der Waals surface area contributed by atoms with Crippen LogP contribution in [0, 0.1) is 0 Å². The molecule has 0 aromatic heterocycles. The summed E-state index contributed by atoms with van der Waals surface area (Å²) in [6, 6.07) is 0. The fourth-order valence-electron chi connectivity index (χ4n) is 1.63. The molecule has 1 rings (SSSR count). The van der Waals surface area contributed by atoms with Crippen molar-refractivity contribution in [1.82, 2.24) is 0 Å². The van der Waals surface area contributed by atoms with E-state index in [4.69, 9.17) is 0 Å². The highest BCUT2D eigenvalue weighted by Crippen LogP contribution is 2.52. The highest BCUT2D eigenvalue weighted by molar-refractivity contribution is 5.40. The van der Waals surface area contributed by atoms with Gasteiger partial charge in [0.25, 0.3) is 0 Å². The lowest BCUT2D eigenvalue weighted by Gasteiger charge is -2.31. The van der Waals surface area contributed by atoms with Gasteiger partial charge >= 0.3 is 18.0 Å². The standard InChI is InChI=1S/C12H11F7/c1-7-3-5-9(6-4-8(7)2)10(13,11(14,15)16)12(17,18)19/h3-5H,6H2,1-2H3. The maximum absolute atomic E-state index is 13.7. The fourth-order valence-corrected chi connectivity index (χ4v) is 1.63. The fraction of sp³-hybridized carbons (Fsp3) is 0.500. The van der Waals surface area contributed by atoms with Gasteiger partial charge in [-0.3, -0.25) is 0 Å². The Morgan fingerprint density at radius 3 is 1.68 bits per heavy atom. The van der Waals surface area contributed by atoms with Crippen LogP contribution in [0.5, 0.6) is 0 Å². The first-order chi connectivity index (χ1) is 8.41. The summed E-state index contributed by atoms with van der Waals surface area (Å²) in [7, 11) is 0. The van der Waals surface area contributed by atoms with Gasteiger partial charge in [-0.2, -0.15) is 26.3 Å². The summed E-state index contributed by atoms with van der Waals surface area (Å²) in [6.45, 7) is 3.05. The molecule has 0 N–H and O–H groups in total. The van der Waals surface area contributed by atoms with Crippen molar-refractivity contribution >= 4 is 0 Å². The molecule has 1 aliphatic rings. The van der Waals surface area contributed by atoms with Crippen molar-refractivity contribution in [1.29, 1.82) is 0 Å². The van der Waals surface area contributed by atoms with Crippen molar-refractivity contribution < 1.29 is 30.7 Å². The van der Waals surface area contributed by atoms with E-state index in [2.05, 4.69) is 0 Å². The van der Waals surface area contributed by atoms with Gasteiger partial charge in [0.1, 0.15) is 0 Å². The molecule has 0 saturated heterocycles. The molecule has 0 nitrogen and oxygen atoms in total. The predicted molar refractivity (Wildman–Crippen MR) is 56.2 cm³/mol. The minimum Gasteiger partial charge on any atom is -0.219 e. The van der Waals surface area contributed by atoms with E-state index in [0.29, 0.717) is 17.2 Å². The van der Waals surface area contributed by atoms with Crippen LogP contribution in [0.15, 0.2) is 34.9 Å². The minimum atomic E-state index is -6.05. The van der Waals surface area contributed by atoms with E-state index in [0.717, 1.165) is 12.2 Å². The molecule has 0 aromatic carbocycles. The third-order valence-corrected chi connectivity index (χ3v) is 3.01. The zero-order valence-corrected chi connectivity index (χ0v) is 10.1. The number of hydrogen-bond donors (Lipinski definition) is 0. The molecule has 0 aromatic rings. The predicted octanol–water partition coefficient (Wildman–Crippen LogP) is 5.04. The van der Waals surface area contributed by atoms with Gasteiger partial charge in [-0.25, -0.2) is 4.39 Å². The van der Waals surface area contributed by atoms with E-state index in [9.17, 15) is 30.7 Å². The Labute approximate surface area is 105 Å². The lowest BCUT2D eigenvalue weighted by molar-refractivity contribution is -0.326. The van der Waals surface area contributed by atoms with Gasteiger partial charge in [0.15, 0.2) is 0 Å². The molecule has 0 radical (unpaired) electrons. The summed E-state index contributed by atoms with van der Waals surface area (Å²) in [5, 5.41) is 0. The topological polar surface area (TPSA) is 0 Å². The quantitative estimate of drug-likeness (QED) is 0.593. The third kappa shape index (κ3) is 2.69. The molecule has 0 unspecified atom stereocenters. The molecule has 1 aliphatic carbocycles. The smallest absolute Gasteiger partial charge is 0.219 e. The van der Waals surface area contributed by atoms with E-state index in [-0.39, 0.29) is 0 Å². The van der Waals surface area contributed by atoms with Gasteiger partial charge in [-0.1, -0.05) is 23.8 Å². The van der Waals surface area contributed by atoms with E-state index in [1.165, 1.54) is 13.8 Å². The summed E-state index contributed by atoms with van der Waals surface area (Å²) < 4.78 is 89.0. The molecule has 7 heteroatoms. The maximum atomic E-state index is 13.7. The molecule has 0 fully saturated rings. The van der Waals surface area contributed by atoms with Crippen molar-refractivity contribution in [3.05, 3.63) is 34.9 Å². The average molecular weight is 288 g/mol. The van der Waals surface area contributed by atoms with Gasteiger partial charge in [-0.15, -0.1) is 0 Å². The van der Waals surface area contributed by atoms with Gasteiger partial charge in [0.2, 0.25) is 0 Å². The Balaban J connectivity index is 3.39. The Kier molecular flexibility index (Phi) is 3.89. The largest absolute Gasteiger partial charge is 0.435 e. The first-order valence-electron chi connectivity index (χ1n) is 5.28. The molecule has 0 amide bonds. The second-order valence-electron chi connectivity index (χ2n) is 4.29. The Hall–Kier alpha value is -1.27. The van der Waals surface area contributed by atoms with E-state index in [1.54, 1.807) is 0 Å². The van der Waals surface area contributed by atoms with Crippen LogP contribution in [0.1, 0.15) is 20.3 Å². The molecule has 0 aliphatic heterocycles. The van der Waals surface area contributed by atoms with Gasteiger partial charge < -0.3 is 0 Å². The third-order valence-electron chi connectivity index (χ3n) is 3.01. The Morgan fingerprint density at radius 1 is 0.789 bits per heavy atom. The number of alkyl halides is 7. The SMILES string of the molecule is CC1=CC=C(C(F)(C(F)(F)F)C(F)(F)F)CC=C1C. The average Bonchev–Trinajstić information content (AvgIpc) is 2.38. The summed E-state index contributed by atoms with van der Waals surface area (Å²) in [5.41, 5.74) is -5.68. The minimum absolute atomic E-state index is 0.488. The van der Waals surface area contributed by atoms with E-state index >= 15 is 0 Å². The van der Waals surface area contributed by atoms with Crippen molar-refractivity contribution in [2.75, 3.05) is 0 Å². The first-order valence-corrected chi connectivity index (χ1v) is 5.28. The molecule has 108 valence electrons. The first kappa shape index (κ1) is 15.8. The van der Waals surface area contributed by atoms with Crippen molar-refractivity contribution in [3.63, 3.8) is 0 Å². The number of allylic oxidation sites excluding steroid dienone is 6. The molecule has 0 bridgehead atoms. The zero-order chi connectivity index (χ0) is 15.1. The normalized spacial score (nSPS) is 18.5. The van der Waals surface area contributed by atoms with Crippen LogP contribution in [0.2, 0.25) is 0 Å². The van der Waals surface area contributed by atoms with Crippen LogP contribution in [0.3, 0.4) is 0 Å². The second kappa shape index (κ2) is 4.68. The van der Waals surface area contributed by atoms with E-state index < -0.39 is 30.0 Å². The molecule has 0 spiro atoms. The van der Waals surface area contributed by atoms with E-state index in [1.807, 2.05) is 0 Å². The lowest BCUT2D eigenvalue weighted by atomic mass is 9.91. The lowest BCUT2D eigenvalue weighted by Crippen LogP contribution is -2.54. The summed E-state index contributed by atoms with van der Waals surface area (Å²) in [6.07, 6.45) is -10.1. The second-order valence-corrected chi connectivity index (χ2v) is 4.29. The number of halogens is 7. The van der Waals surface area contributed by atoms with Crippen LogP contribution in [0.25, 0.3) is 0 Å². The zero-order valence-electron chi connectivity index (χ0n) is 10.1. The molecule has 19 heavy (non-hydrogen) atoms. The van der Waals surface area contributed by atoms with Gasteiger partial charge in [-0.05, 0) is 31.4 Å². The van der Waals surface area contributed by atoms with Crippen molar-refractivity contribution in [2.24, 2.45) is 0 Å². The monoisotopic (exact) mass is 288 g/mol. The van der Waals surface area contributed by atoms with Crippen LogP contribution in [-0.2, 0) is 0 Å². The van der Waals surface area contributed by atoms with Crippen LogP contribution < -0.4 is 0 Å². The van der Waals surface area contributed by atoms with Gasteiger partial charge in [0, 0.05) is 0 Å². The molecular formula is C12H11F7. The molecular weight excluding hydrogens is 277 g/mol. The highest BCUT2D eigenvalue weighted by atomic mass is 19.4. The number of hydrogen-bond acceptors (Lipinski definition) is 0. The Morgan fingerprint density at radius 2 is 1.26 bits per heavy atom. The van der Waals surface area contributed by atoms with Crippen molar-refractivity contribution in [2.45, 2.75) is 38.3 Å². The van der Waals surface area contributed by atoms with Crippen LogP contribution >= 0.6 is 0 Å². The van der Waals surface area contributed by atoms with Crippen LogP contribution in [0.4, 0.5) is 30.7 Å². The molecule has 0 saturated carbocycles. The Bertz CT molecular complexity index is 432. The summed E-state index contributed by atoms with van der Waals surface area (Å²) in [5.74, 6) is 0. The molecule has 0 heterocycles. The van der Waals surface area contributed by atoms with Crippen LogP contribution in [-0.4, -0.2) is 18.0 Å². The summed E-state index contributed by atoms with van der Waals surface area (Å²) >= 11 is 0.